The number of aromatic nitrogens is 3. The molecule has 0 spiro atoms. The maximum Gasteiger partial charge on any atom is 0.338 e. The lowest BCUT2D eigenvalue weighted by Crippen LogP contribution is -2.03. The third-order valence-corrected chi connectivity index (χ3v) is 1.88. The molecule has 2 aromatic rings. The van der Waals surface area contributed by atoms with Crippen molar-refractivity contribution in [2.24, 2.45) is 0 Å². The summed E-state index contributed by atoms with van der Waals surface area (Å²) >= 11 is 0. The topological polar surface area (TPSA) is 153 Å². The van der Waals surface area contributed by atoms with Crippen molar-refractivity contribution >= 4 is 28.9 Å². The van der Waals surface area contributed by atoms with Crippen LogP contribution in [-0.4, -0.2) is 48.6 Å². The fraction of sp³-hybridized carbons (Fsp3) is 0.100. The van der Waals surface area contributed by atoms with Crippen molar-refractivity contribution in [1.29, 1.82) is 0 Å². The molecule has 0 aliphatic heterocycles. The number of carboxylic acids is 3. The monoisotopic (exact) mass is 267 g/mol. The Morgan fingerprint density at radius 2 is 1.68 bits per heavy atom. The maximum absolute atomic E-state index is 10.6. The number of hydrogen-bond acceptors (Lipinski definition) is 5. The second-order valence-electron chi connectivity index (χ2n) is 3.27. The van der Waals surface area contributed by atoms with Crippen LogP contribution in [-0.2, 0) is 9.59 Å². The molecule has 9 heteroatoms. The summed E-state index contributed by atoms with van der Waals surface area (Å²) in [5.74, 6) is -3.62. The van der Waals surface area contributed by atoms with Crippen molar-refractivity contribution in [3.63, 3.8) is 0 Å². The van der Waals surface area contributed by atoms with E-state index >= 15 is 0 Å². The molecule has 0 bridgehead atoms. The number of H-pyrrole nitrogens is 1. The van der Waals surface area contributed by atoms with Gasteiger partial charge in [0, 0.05) is 0 Å². The van der Waals surface area contributed by atoms with Gasteiger partial charge in [-0.05, 0) is 12.1 Å². The van der Waals surface area contributed by atoms with Crippen LogP contribution in [0.15, 0.2) is 18.2 Å². The molecule has 100 valence electrons. The molecule has 0 fully saturated rings. The maximum atomic E-state index is 10.6. The summed E-state index contributed by atoms with van der Waals surface area (Å²) in [6, 6.07) is 4.83. The van der Waals surface area contributed by atoms with E-state index < -0.39 is 24.3 Å². The number of nitrogens with one attached hydrogen (secondary N) is 1. The van der Waals surface area contributed by atoms with Crippen LogP contribution >= 0.6 is 0 Å². The number of para-hydroxylation sites is 1. The van der Waals surface area contributed by atoms with E-state index in [1.165, 1.54) is 6.07 Å². The predicted molar refractivity (Wildman–Crippen MR) is 60.7 cm³/mol. The van der Waals surface area contributed by atoms with Crippen LogP contribution in [0.3, 0.4) is 0 Å². The Morgan fingerprint density at radius 1 is 1.05 bits per heavy atom. The average molecular weight is 267 g/mol. The highest BCUT2D eigenvalue weighted by Crippen LogP contribution is 2.12. The quantitative estimate of drug-likeness (QED) is 0.575. The zero-order valence-corrected chi connectivity index (χ0v) is 9.40. The largest absolute Gasteiger partial charge is 0.481 e. The van der Waals surface area contributed by atoms with Gasteiger partial charge in [0.2, 0.25) is 0 Å². The summed E-state index contributed by atoms with van der Waals surface area (Å²) in [4.78, 5) is 29.5. The van der Waals surface area contributed by atoms with Crippen LogP contribution in [0.1, 0.15) is 16.8 Å². The summed E-state index contributed by atoms with van der Waals surface area (Å²) < 4.78 is 0. The molecule has 0 atom stereocenters. The Morgan fingerprint density at radius 3 is 2.16 bits per heavy atom. The second-order valence-corrected chi connectivity index (χ2v) is 3.27. The first kappa shape index (κ1) is 14.1. The summed E-state index contributed by atoms with van der Waals surface area (Å²) in [6.45, 7) is 0. The molecule has 2 rings (SSSR count). The van der Waals surface area contributed by atoms with Gasteiger partial charge in [-0.1, -0.05) is 6.07 Å². The Labute approximate surface area is 105 Å². The number of aromatic amines is 1. The van der Waals surface area contributed by atoms with E-state index in [1.807, 2.05) is 0 Å². The van der Waals surface area contributed by atoms with E-state index in [1.54, 1.807) is 12.1 Å². The van der Waals surface area contributed by atoms with Gasteiger partial charge in [-0.3, -0.25) is 9.59 Å². The smallest absolute Gasteiger partial charge is 0.338 e. The third kappa shape index (κ3) is 4.07. The number of aliphatic carboxylic acids is 2. The van der Waals surface area contributed by atoms with E-state index in [0.717, 1.165) is 0 Å². The van der Waals surface area contributed by atoms with Crippen LogP contribution in [0, 0.1) is 0 Å². The number of carbonyl (C=O) groups is 3. The van der Waals surface area contributed by atoms with Gasteiger partial charge >= 0.3 is 17.9 Å². The Balaban J connectivity index is 0.000000224. The van der Waals surface area contributed by atoms with Gasteiger partial charge in [0.25, 0.3) is 0 Å². The molecule has 0 unspecified atom stereocenters. The zero-order valence-electron chi connectivity index (χ0n) is 9.40. The Hall–Kier alpha value is -2.97. The molecule has 1 heterocycles. The van der Waals surface area contributed by atoms with Crippen molar-refractivity contribution in [2.75, 3.05) is 0 Å². The molecule has 19 heavy (non-hydrogen) atoms. The molecule has 0 radical (unpaired) electrons. The van der Waals surface area contributed by atoms with E-state index in [-0.39, 0.29) is 5.56 Å². The lowest BCUT2D eigenvalue weighted by Gasteiger charge is -1.91. The van der Waals surface area contributed by atoms with Gasteiger partial charge in [-0.15, -0.1) is 0 Å². The number of hydrogen-bond donors (Lipinski definition) is 4. The van der Waals surface area contributed by atoms with Crippen LogP contribution < -0.4 is 0 Å². The number of aromatic carboxylic acids is 1. The molecule has 0 aliphatic carbocycles. The highest BCUT2D eigenvalue weighted by atomic mass is 16.4. The Kier molecular flexibility index (Phi) is 4.52. The van der Waals surface area contributed by atoms with E-state index in [2.05, 4.69) is 15.4 Å². The fourth-order valence-electron chi connectivity index (χ4n) is 1.17. The minimum absolute atomic E-state index is 0.168. The van der Waals surface area contributed by atoms with Gasteiger partial charge in [0.1, 0.15) is 17.5 Å². The van der Waals surface area contributed by atoms with Crippen molar-refractivity contribution in [3.8, 4) is 0 Å². The summed E-state index contributed by atoms with van der Waals surface area (Å²) in [6.07, 6.45) is -0.806. The zero-order chi connectivity index (χ0) is 14.4. The molecule has 1 aromatic carbocycles. The van der Waals surface area contributed by atoms with Gasteiger partial charge in [-0.2, -0.15) is 15.4 Å². The molecule has 0 saturated heterocycles. The number of benzene rings is 1. The first-order valence-corrected chi connectivity index (χ1v) is 4.88. The number of fused-ring (bicyclic) bond motifs is 1. The van der Waals surface area contributed by atoms with Gasteiger partial charge < -0.3 is 15.3 Å². The van der Waals surface area contributed by atoms with Crippen LogP contribution in [0.2, 0.25) is 0 Å². The lowest BCUT2D eigenvalue weighted by molar-refractivity contribution is -0.147. The van der Waals surface area contributed by atoms with Gasteiger partial charge in [-0.25, -0.2) is 4.79 Å². The summed E-state index contributed by atoms with van der Waals surface area (Å²) in [5, 5.41) is 34.0. The second kappa shape index (κ2) is 6.10. The standard InChI is InChI=1S/C7H5N3O2.C3H4O4/c11-7(12)4-2-1-3-5-6(4)9-10-8-5;4-2(5)1-3(6)7/h1-3H,(H,11,12)(H,8,9,10);1H2,(H,4,5)(H,6,7). The van der Waals surface area contributed by atoms with Crippen molar-refractivity contribution in [2.45, 2.75) is 6.42 Å². The number of nitrogens with zero attached hydrogens (tertiary/aromatic N) is 2. The van der Waals surface area contributed by atoms with Crippen molar-refractivity contribution < 1.29 is 29.7 Å². The van der Waals surface area contributed by atoms with Crippen LogP contribution in [0.4, 0.5) is 0 Å². The van der Waals surface area contributed by atoms with Gasteiger partial charge in [0.05, 0.1) is 5.56 Å². The molecule has 0 saturated carbocycles. The van der Waals surface area contributed by atoms with E-state index in [9.17, 15) is 14.4 Å². The van der Waals surface area contributed by atoms with Crippen LogP contribution in [0.5, 0.6) is 0 Å². The summed E-state index contributed by atoms with van der Waals surface area (Å²) in [7, 11) is 0. The first-order valence-electron chi connectivity index (χ1n) is 4.88. The number of rotatable bonds is 3. The molecular formula is C10H9N3O6. The van der Waals surface area contributed by atoms with Gasteiger partial charge in [0.15, 0.2) is 0 Å². The summed E-state index contributed by atoms with van der Waals surface area (Å²) in [5.41, 5.74) is 1.13. The molecular weight excluding hydrogens is 258 g/mol. The minimum atomic E-state index is -1.31. The highest BCUT2D eigenvalue weighted by molar-refractivity contribution is 6.00. The van der Waals surface area contributed by atoms with E-state index in [0.29, 0.717) is 11.0 Å². The molecule has 4 N–H and O–H groups in total. The molecule has 0 amide bonds. The number of carboxylic acid groups (broad SMARTS) is 3. The Bertz CT molecular complexity index is 609. The first-order chi connectivity index (χ1) is 8.91. The average Bonchev–Trinajstić information content (AvgIpc) is 2.74. The minimum Gasteiger partial charge on any atom is -0.481 e. The van der Waals surface area contributed by atoms with Crippen LogP contribution in [0.25, 0.3) is 11.0 Å². The molecule has 0 aliphatic rings. The lowest BCUT2D eigenvalue weighted by atomic mass is 10.2. The molecule has 9 nitrogen and oxygen atoms in total. The normalized spacial score (nSPS) is 9.47. The van der Waals surface area contributed by atoms with E-state index in [4.69, 9.17) is 15.3 Å². The third-order valence-electron chi connectivity index (χ3n) is 1.88. The molecule has 1 aromatic heterocycles. The van der Waals surface area contributed by atoms with Crippen molar-refractivity contribution in [3.05, 3.63) is 23.8 Å². The highest BCUT2D eigenvalue weighted by Gasteiger charge is 2.09. The predicted octanol–water partition coefficient (Wildman–Crippen LogP) is 0.202. The fourth-order valence-corrected chi connectivity index (χ4v) is 1.17. The van der Waals surface area contributed by atoms with Crippen molar-refractivity contribution in [1.82, 2.24) is 15.4 Å². The SMILES string of the molecule is O=C(O)CC(=O)O.O=C(O)c1cccc2n[nH]nc12.